The summed E-state index contributed by atoms with van der Waals surface area (Å²) >= 11 is 0. The fraction of sp³-hybridized carbons (Fsp3) is 0.929. The third-order valence-electron chi connectivity index (χ3n) is 4.19. The highest BCUT2D eigenvalue weighted by molar-refractivity contribution is 5.78. The molecule has 100 valence electrons. The van der Waals surface area contributed by atoms with Crippen molar-refractivity contribution in [2.24, 2.45) is 11.8 Å². The molecule has 0 aliphatic heterocycles. The van der Waals surface area contributed by atoms with E-state index in [-0.39, 0.29) is 0 Å². The monoisotopic (exact) mass is 241 g/mol. The molecule has 1 fully saturated rings. The maximum Gasteiger partial charge on any atom is 0.323 e. The number of hydrogen-bond acceptors (Lipinski definition) is 2. The number of nitrogens with one attached hydrogen (secondary N) is 1. The molecule has 2 unspecified atom stereocenters. The van der Waals surface area contributed by atoms with Gasteiger partial charge in [-0.3, -0.25) is 4.79 Å². The van der Waals surface area contributed by atoms with Crippen LogP contribution in [0.15, 0.2) is 0 Å². The Morgan fingerprint density at radius 2 is 2.12 bits per heavy atom. The predicted molar refractivity (Wildman–Crippen MR) is 70.1 cm³/mol. The first-order chi connectivity index (χ1) is 8.02. The van der Waals surface area contributed by atoms with Crippen molar-refractivity contribution < 1.29 is 9.90 Å². The Balaban J connectivity index is 2.69. The van der Waals surface area contributed by atoms with Gasteiger partial charge in [-0.25, -0.2) is 0 Å². The van der Waals surface area contributed by atoms with E-state index in [4.69, 9.17) is 0 Å². The minimum absolute atomic E-state index is 0.653. The Labute approximate surface area is 105 Å². The molecule has 3 heteroatoms. The van der Waals surface area contributed by atoms with Gasteiger partial charge < -0.3 is 10.4 Å². The summed E-state index contributed by atoms with van der Waals surface area (Å²) in [6, 6.07) is 0. The van der Waals surface area contributed by atoms with Crippen LogP contribution in [0.3, 0.4) is 0 Å². The van der Waals surface area contributed by atoms with Crippen molar-refractivity contribution in [2.45, 2.75) is 64.8 Å². The van der Waals surface area contributed by atoms with Gasteiger partial charge in [0, 0.05) is 0 Å². The lowest BCUT2D eigenvalue weighted by Crippen LogP contribution is -2.52. The fourth-order valence-corrected chi connectivity index (χ4v) is 2.86. The third-order valence-corrected chi connectivity index (χ3v) is 4.19. The minimum atomic E-state index is -0.657. The summed E-state index contributed by atoms with van der Waals surface area (Å²) in [7, 11) is 0. The minimum Gasteiger partial charge on any atom is -0.480 e. The van der Waals surface area contributed by atoms with Crippen molar-refractivity contribution in [3.63, 3.8) is 0 Å². The van der Waals surface area contributed by atoms with Crippen molar-refractivity contribution in [2.75, 3.05) is 6.54 Å². The van der Waals surface area contributed by atoms with Crippen LogP contribution in [-0.4, -0.2) is 23.2 Å². The summed E-state index contributed by atoms with van der Waals surface area (Å²) in [6.45, 7) is 7.38. The van der Waals surface area contributed by atoms with E-state index >= 15 is 0 Å². The van der Waals surface area contributed by atoms with E-state index in [0.29, 0.717) is 11.8 Å². The molecule has 0 spiro atoms. The molecular weight excluding hydrogens is 214 g/mol. The Morgan fingerprint density at radius 3 is 2.65 bits per heavy atom. The molecule has 1 saturated carbocycles. The average Bonchev–Trinajstić information content (AvgIpc) is 2.49. The van der Waals surface area contributed by atoms with Crippen molar-refractivity contribution in [1.29, 1.82) is 0 Å². The molecule has 1 aliphatic carbocycles. The van der Waals surface area contributed by atoms with Gasteiger partial charge in [-0.15, -0.1) is 0 Å². The van der Waals surface area contributed by atoms with E-state index in [1.807, 2.05) is 0 Å². The summed E-state index contributed by atoms with van der Waals surface area (Å²) in [5.41, 5.74) is -0.653. The molecule has 0 radical (unpaired) electrons. The quantitative estimate of drug-likeness (QED) is 0.727. The lowest BCUT2D eigenvalue weighted by molar-refractivity contribution is -0.145. The predicted octanol–water partition coefficient (Wildman–Crippen LogP) is 3.05. The lowest BCUT2D eigenvalue weighted by atomic mass is 9.86. The van der Waals surface area contributed by atoms with Crippen LogP contribution in [-0.2, 0) is 4.79 Å². The number of hydrogen-bond donors (Lipinski definition) is 2. The fourth-order valence-electron chi connectivity index (χ4n) is 2.86. The molecular formula is C14H27NO2. The Morgan fingerprint density at radius 1 is 1.41 bits per heavy atom. The van der Waals surface area contributed by atoms with E-state index < -0.39 is 11.5 Å². The maximum absolute atomic E-state index is 11.5. The number of carbonyl (C=O) groups is 1. The van der Waals surface area contributed by atoms with Crippen LogP contribution in [0.25, 0.3) is 0 Å². The second kappa shape index (κ2) is 6.39. The highest BCUT2D eigenvalue weighted by atomic mass is 16.4. The zero-order chi connectivity index (χ0) is 12.9. The molecule has 17 heavy (non-hydrogen) atoms. The standard InChI is InChI=1S/C14H27NO2/c1-4-10-15-14(13(16)17)8-5-6-12(7-9-14)11(2)3/h11-12,15H,4-10H2,1-3H3,(H,16,17). The van der Waals surface area contributed by atoms with Gasteiger partial charge in [0.05, 0.1) is 0 Å². The molecule has 1 aliphatic rings. The van der Waals surface area contributed by atoms with Gasteiger partial charge in [0.15, 0.2) is 0 Å². The first-order valence-corrected chi connectivity index (χ1v) is 7.00. The van der Waals surface area contributed by atoms with Gasteiger partial charge in [0.25, 0.3) is 0 Å². The van der Waals surface area contributed by atoms with Gasteiger partial charge in [-0.1, -0.05) is 33.6 Å². The number of carboxylic acids is 1. The van der Waals surface area contributed by atoms with Gasteiger partial charge in [0.1, 0.15) is 5.54 Å². The van der Waals surface area contributed by atoms with Gasteiger partial charge >= 0.3 is 5.97 Å². The number of aliphatic carboxylic acids is 1. The second-order valence-electron chi connectivity index (χ2n) is 5.75. The summed E-state index contributed by atoms with van der Waals surface area (Å²) in [6.07, 6.45) is 5.81. The van der Waals surface area contributed by atoms with E-state index in [1.54, 1.807) is 0 Å². The van der Waals surface area contributed by atoms with Crippen LogP contribution >= 0.6 is 0 Å². The maximum atomic E-state index is 11.5. The largest absolute Gasteiger partial charge is 0.480 e. The number of rotatable bonds is 5. The molecule has 2 atom stereocenters. The molecule has 0 aromatic heterocycles. The SMILES string of the molecule is CCCNC1(C(=O)O)CCCC(C(C)C)CC1. The van der Waals surface area contributed by atoms with Crippen molar-refractivity contribution in [1.82, 2.24) is 5.32 Å². The number of carboxylic acid groups (broad SMARTS) is 1. The smallest absolute Gasteiger partial charge is 0.323 e. The molecule has 1 rings (SSSR count). The average molecular weight is 241 g/mol. The van der Waals surface area contributed by atoms with Gasteiger partial charge in [-0.05, 0) is 44.1 Å². The first kappa shape index (κ1) is 14.5. The van der Waals surface area contributed by atoms with Gasteiger partial charge in [0.2, 0.25) is 0 Å². The molecule has 0 bridgehead atoms. The van der Waals surface area contributed by atoms with E-state index in [0.717, 1.165) is 38.6 Å². The molecule has 0 amide bonds. The molecule has 0 saturated heterocycles. The highest BCUT2D eigenvalue weighted by Gasteiger charge is 2.39. The van der Waals surface area contributed by atoms with E-state index in [2.05, 4.69) is 26.1 Å². The van der Waals surface area contributed by atoms with Crippen LogP contribution in [0.1, 0.15) is 59.3 Å². The zero-order valence-electron chi connectivity index (χ0n) is 11.5. The summed E-state index contributed by atoms with van der Waals surface area (Å²) < 4.78 is 0. The normalized spacial score (nSPS) is 30.2. The summed E-state index contributed by atoms with van der Waals surface area (Å²) in [5.74, 6) is 0.709. The van der Waals surface area contributed by atoms with Crippen molar-refractivity contribution in [3.05, 3.63) is 0 Å². The first-order valence-electron chi connectivity index (χ1n) is 7.00. The van der Waals surface area contributed by atoms with Crippen molar-refractivity contribution in [3.8, 4) is 0 Å². The summed E-state index contributed by atoms with van der Waals surface area (Å²) in [5, 5.41) is 12.8. The van der Waals surface area contributed by atoms with Crippen LogP contribution < -0.4 is 5.32 Å². The molecule has 0 heterocycles. The van der Waals surface area contributed by atoms with E-state index in [1.165, 1.54) is 6.42 Å². The zero-order valence-corrected chi connectivity index (χ0v) is 11.5. The Hall–Kier alpha value is -0.570. The van der Waals surface area contributed by atoms with Crippen LogP contribution in [0.4, 0.5) is 0 Å². The molecule has 0 aromatic carbocycles. The van der Waals surface area contributed by atoms with Crippen molar-refractivity contribution >= 4 is 5.97 Å². The summed E-state index contributed by atoms with van der Waals surface area (Å²) in [4.78, 5) is 11.5. The second-order valence-corrected chi connectivity index (χ2v) is 5.75. The molecule has 0 aromatic rings. The third kappa shape index (κ3) is 3.70. The van der Waals surface area contributed by atoms with Crippen LogP contribution in [0, 0.1) is 11.8 Å². The topological polar surface area (TPSA) is 49.3 Å². The Bertz CT molecular complexity index is 253. The Kier molecular flexibility index (Phi) is 5.44. The highest BCUT2D eigenvalue weighted by Crippen LogP contribution is 2.34. The lowest BCUT2D eigenvalue weighted by Gasteiger charge is -2.29. The van der Waals surface area contributed by atoms with Crippen LogP contribution in [0.2, 0.25) is 0 Å². The molecule has 2 N–H and O–H groups in total. The van der Waals surface area contributed by atoms with Gasteiger partial charge in [-0.2, -0.15) is 0 Å². The molecule has 3 nitrogen and oxygen atoms in total. The van der Waals surface area contributed by atoms with Crippen LogP contribution in [0.5, 0.6) is 0 Å². The van der Waals surface area contributed by atoms with E-state index in [9.17, 15) is 9.90 Å².